The van der Waals surface area contributed by atoms with Crippen molar-refractivity contribution >= 4 is 5.78 Å². The number of carbonyl (C=O) groups is 1. The summed E-state index contributed by atoms with van der Waals surface area (Å²) in [6, 6.07) is 0. The number of carbonyl (C=O) groups excluding carboxylic acids is 1. The fourth-order valence-corrected chi connectivity index (χ4v) is 0.326. The molecule has 0 aliphatic heterocycles. The Morgan fingerprint density at radius 1 is 1.50 bits per heavy atom. The number of hydrogen-bond acceptors (Lipinski definition) is 3. The van der Waals surface area contributed by atoms with Gasteiger partial charge in [-0.05, 0) is 13.5 Å². The van der Waals surface area contributed by atoms with Gasteiger partial charge in [-0.25, -0.2) is 0 Å². The molecular weight excluding hydrogens is 177 g/mol. The fraction of sp³-hybridized carbons (Fsp3) is 0.500. The molecule has 0 aromatic rings. The highest BCUT2D eigenvalue weighted by Gasteiger charge is 2.41. The summed E-state index contributed by atoms with van der Waals surface area (Å²) in [6.07, 6.45) is -4.96. The van der Waals surface area contributed by atoms with Crippen LogP contribution in [0.1, 0.15) is 6.92 Å². The molecule has 0 saturated heterocycles. The van der Waals surface area contributed by atoms with E-state index in [4.69, 9.17) is 0 Å². The Bertz CT molecular complexity index is 185. The van der Waals surface area contributed by atoms with Gasteiger partial charge in [0.15, 0.2) is 0 Å². The lowest BCUT2D eigenvalue weighted by Gasteiger charge is -2.06. The molecule has 6 heteroatoms. The molecule has 0 aliphatic carbocycles. The minimum atomic E-state index is -4.96. The van der Waals surface area contributed by atoms with Gasteiger partial charge in [-0.3, -0.25) is 4.79 Å². The third kappa shape index (κ3) is 3.38. The standard InChI is InChI=1S/C6H7F3O3/c1-3-11-12-4(2)5(10)6(7,8)9/h2-3H2,1H3. The molecule has 0 unspecified atom stereocenters. The molecule has 0 rings (SSSR count). The number of allylic oxidation sites excluding steroid dienone is 1. The van der Waals surface area contributed by atoms with Crippen LogP contribution in [0.15, 0.2) is 12.3 Å². The van der Waals surface area contributed by atoms with Gasteiger partial charge in [-0.1, -0.05) is 0 Å². The van der Waals surface area contributed by atoms with Crippen LogP contribution in [-0.2, 0) is 14.6 Å². The molecule has 0 heterocycles. The summed E-state index contributed by atoms with van der Waals surface area (Å²) in [5, 5.41) is 0. The summed E-state index contributed by atoms with van der Waals surface area (Å²) in [6.45, 7) is 4.27. The first-order chi connectivity index (χ1) is 5.39. The highest BCUT2D eigenvalue weighted by Crippen LogP contribution is 2.20. The molecule has 0 fully saturated rings. The van der Waals surface area contributed by atoms with Gasteiger partial charge in [0, 0.05) is 0 Å². The highest BCUT2D eigenvalue weighted by molar-refractivity contribution is 5.97. The zero-order valence-corrected chi connectivity index (χ0v) is 6.27. The molecule has 0 saturated carbocycles. The lowest BCUT2D eigenvalue weighted by molar-refractivity contribution is -0.261. The summed E-state index contributed by atoms with van der Waals surface area (Å²) < 4.78 is 34.7. The van der Waals surface area contributed by atoms with Crippen LogP contribution in [0, 0.1) is 0 Å². The second-order valence-electron chi connectivity index (χ2n) is 1.74. The van der Waals surface area contributed by atoms with Crippen LogP contribution in [0.4, 0.5) is 13.2 Å². The van der Waals surface area contributed by atoms with E-state index in [0.717, 1.165) is 0 Å². The van der Waals surface area contributed by atoms with E-state index in [1.807, 2.05) is 0 Å². The molecule has 0 N–H and O–H groups in total. The van der Waals surface area contributed by atoms with Crippen LogP contribution >= 0.6 is 0 Å². The molecule has 12 heavy (non-hydrogen) atoms. The van der Waals surface area contributed by atoms with E-state index in [-0.39, 0.29) is 6.61 Å². The van der Waals surface area contributed by atoms with E-state index in [9.17, 15) is 18.0 Å². The maximum absolute atomic E-state index is 11.6. The number of ketones is 1. The average molecular weight is 184 g/mol. The first-order valence-electron chi connectivity index (χ1n) is 2.99. The number of Topliss-reactive ketones (excluding diaryl/α,β-unsaturated/α-hetero) is 1. The van der Waals surface area contributed by atoms with Crippen LogP contribution in [-0.4, -0.2) is 18.6 Å². The van der Waals surface area contributed by atoms with E-state index in [2.05, 4.69) is 16.4 Å². The van der Waals surface area contributed by atoms with Gasteiger partial charge in [0.05, 0.1) is 6.61 Å². The third-order valence-electron chi connectivity index (χ3n) is 0.788. The van der Waals surface area contributed by atoms with Crippen molar-refractivity contribution in [3.8, 4) is 0 Å². The van der Waals surface area contributed by atoms with E-state index in [1.54, 1.807) is 0 Å². The fourth-order valence-electron chi connectivity index (χ4n) is 0.326. The molecule has 3 nitrogen and oxygen atoms in total. The number of rotatable bonds is 4. The quantitative estimate of drug-likeness (QED) is 0.288. The van der Waals surface area contributed by atoms with Gasteiger partial charge in [0.1, 0.15) is 0 Å². The molecule has 70 valence electrons. The van der Waals surface area contributed by atoms with Gasteiger partial charge < -0.3 is 4.89 Å². The maximum Gasteiger partial charge on any atom is 0.458 e. The first-order valence-corrected chi connectivity index (χ1v) is 2.99. The summed E-state index contributed by atoms with van der Waals surface area (Å²) >= 11 is 0. The van der Waals surface area contributed by atoms with Gasteiger partial charge in [0.2, 0.25) is 5.76 Å². The summed E-state index contributed by atoms with van der Waals surface area (Å²) in [5.74, 6) is -3.21. The lowest BCUT2D eigenvalue weighted by atomic mass is 10.3. The maximum atomic E-state index is 11.6. The van der Waals surface area contributed by atoms with Crippen molar-refractivity contribution in [3.05, 3.63) is 12.3 Å². The summed E-state index contributed by atoms with van der Waals surface area (Å²) in [7, 11) is 0. The van der Waals surface area contributed by atoms with Crippen molar-refractivity contribution in [1.29, 1.82) is 0 Å². The van der Waals surface area contributed by atoms with Crippen molar-refractivity contribution in [3.63, 3.8) is 0 Å². The second-order valence-corrected chi connectivity index (χ2v) is 1.74. The summed E-state index contributed by atoms with van der Waals surface area (Å²) in [4.78, 5) is 18.2. The van der Waals surface area contributed by atoms with Crippen LogP contribution in [0.25, 0.3) is 0 Å². The summed E-state index contributed by atoms with van der Waals surface area (Å²) in [5.41, 5.74) is 0. The van der Waals surface area contributed by atoms with E-state index in [1.165, 1.54) is 6.92 Å². The van der Waals surface area contributed by atoms with Gasteiger partial charge in [0.25, 0.3) is 0 Å². The topological polar surface area (TPSA) is 35.5 Å². The van der Waals surface area contributed by atoms with Crippen molar-refractivity contribution < 1.29 is 27.7 Å². The van der Waals surface area contributed by atoms with E-state index >= 15 is 0 Å². The molecule has 0 atom stereocenters. The van der Waals surface area contributed by atoms with Crippen LogP contribution in [0.5, 0.6) is 0 Å². The molecule has 0 radical (unpaired) electrons. The van der Waals surface area contributed by atoms with E-state index in [0.29, 0.717) is 0 Å². The zero-order valence-electron chi connectivity index (χ0n) is 6.27. The zero-order chi connectivity index (χ0) is 9.78. The minimum absolute atomic E-state index is 0.0319. The number of halogens is 3. The van der Waals surface area contributed by atoms with Crippen molar-refractivity contribution in [1.82, 2.24) is 0 Å². The number of hydrogen-bond donors (Lipinski definition) is 0. The highest BCUT2D eigenvalue weighted by atomic mass is 19.4. The molecule has 0 aromatic heterocycles. The Morgan fingerprint density at radius 2 is 2.00 bits per heavy atom. The second kappa shape index (κ2) is 4.10. The monoisotopic (exact) mass is 184 g/mol. The van der Waals surface area contributed by atoms with Crippen LogP contribution in [0.2, 0.25) is 0 Å². The Labute approximate surface area is 66.7 Å². The smallest absolute Gasteiger partial charge is 0.334 e. The largest absolute Gasteiger partial charge is 0.458 e. The average Bonchev–Trinajstić information content (AvgIpc) is 1.97. The van der Waals surface area contributed by atoms with Gasteiger partial charge in [-0.15, -0.1) is 0 Å². The minimum Gasteiger partial charge on any atom is -0.334 e. The predicted molar refractivity (Wildman–Crippen MR) is 32.9 cm³/mol. The van der Waals surface area contributed by atoms with Gasteiger partial charge >= 0.3 is 12.0 Å². The van der Waals surface area contributed by atoms with Crippen molar-refractivity contribution in [2.24, 2.45) is 0 Å². The molecule has 0 amide bonds. The number of alkyl halides is 3. The molecule has 0 aliphatic rings. The Balaban J connectivity index is 4.04. The Morgan fingerprint density at radius 3 is 2.33 bits per heavy atom. The van der Waals surface area contributed by atoms with Crippen molar-refractivity contribution in [2.45, 2.75) is 13.1 Å². The normalized spacial score (nSPS) is 11.0. The van der Waals surface area contributed by atoms with Crippen molar-refractivity contribution in [2.75, 3.05) is 6.61 Å². The SMILES string of the molecule is C=C(OOCC)C(=O)C(F)(F)F. The Kier molecular flexibility index (Phi) is 3.75. The first kappa shape index (κ1) is 11.0. The van der Waals surface area contributed by atoms with Gasteiger partial charge in [-0.2, -0.15) is 18.1 Å². The van der Waals surface area contributed by atoms with E-state index < -0.39 is 17.7 Å². The Hall–Kier alpha value is -1.04. The molecular formula is C6H7F3O3. The van der Waals surface area contributed by atoms with Crippen LogP contribution < -0.4 is 0 Å². The third-order valence-corrected chi connectivity index (χ3v) is 0.788. The molecule has 0 aromatic carbocycles. The molecule has 0 bridgehead atoms. The molecule has 0 spiro atoms. The predicted octanol–water partition coefficient (Wildman–Crippen LogP) is 1.60. The van der Waals surface area contributed by atoms with Crippen LogP contribution in [0.3, 0.4) is 0 Å². The lowest BCUT2D eigenvalue weighted by Crippen LogP contribution is -2.25.